The summed E-state index contributed by atoms with van der Waals surface area (Å²) in [6.45, 7) is 3.93. The normalized spacial score (nSPS) is 14.6. The van der Waals surface area contributed by atoms with Crippen molar-refractivity contribution in [2.75, 3.05) is 31.2 Å². The number of aromatic nitrogens is 1. The fraction of sp³-hybridized carbons (Fsp3) is 0.312. The Morgan fingerprint density at radius 3 is 2.63 bits per heavy atom. The first-order valence-corrected chi connectivity index (χ1v) is 11.1. The van der Waals surface area contributed by atoms with Gasteiger partial charge < -0.3 is 14.7 Å². The number of carbonyl (C=O) groups is 2. The molecule has 10 nitrogen and oxygen atoms in total. The molecule has 0 unspecified atom stereocenters. The summed E-state index contributed by atoms with van der Waals surface area (Å²) < 4.78 is 43.8. The molecule has 162 valence electrons. The van der Waals surface area contributed by atoms with Crippen molar-refractivity contribution in [3.05, 3.63) is 39.1 Å². The van der Waals surface area contributed by atoms with Gasteiger partial charge in [0.1, 0.15) is 15.6 Å². The molecule has 0 saturated carbocycles. The molecule has 1 saturated heterocycles. The van der Waals surface area contributed by atoms with Crippen molar-refractivity contribution in [1.82, 2.24) is 15.2 Å². The van der Waals surface area contributed by atoms with Gasteiger partial charge in [-0.25, -0.2) is 22.6 Å². The predicted octanol–water partition coefficient (Wildman–Crippen LogP) is 1.40. The average molecular weight is 479 g/mol. The molecule has 1 amide bonds. The number of aryl methyl sites for hydroxylation is 1. The number of aromatic carboxylic acids is 1. The topological polar surface area (TPSA) is 138 Å². The van der Waals surface area contributed by atoms with E-state index in [4.69, 9.17) is 21.4 Å². The Morgan fingerprint density at radius 1 is 1.33 bits per heavy atom. The number of amides is 1. The number of carbonyl (C=O) groups excluding carboxylic acids is 1. The van der Waals surface area contributed by atoms with Crippen LogP contribution in [0.4, 0.5) is 9.52 Å². The summed E-state index contributed by atoms with van der Waals surface area (Å²) in [4.78, 5) is 31.1. The molecule has 1 aliphatic rings. The van der Waals surface area contributed by atoms with Crippen molar-refractivity contribution >= 4 is 50.0 Å². The number of halogens is 2. The number of nitrogens with zero attached hydrogens (tertiary/aromatic N) is 2. The number of rotatable bonds is 6. The van der Waals surface area contributed by atoms with E-state index in [1.165, 1.54) is 0 Å². The number of hydrogen-bond acceptors (Lipinski definition) is 8. The van der Waals surface area contributed by atoms with E-state index in [9.17, 15) is 22.4 Å². The van der Waals surface area contributed by atoms with Crippen LogP contribution in [0.2, 0.25) is 5.02 Å². The van der Waals surface area contributed by atoms with Crippen LogP contribution in [-0.4, -0.2) is 56.7 Å². The molecule has 0 spiro atoms. The van der Waals surface area contributed by atoms with E-state index < -0.39 is 43.2 Å². The number of morpholine rings is 1. The zero-order chi connectivity index (χ0) is 22.1. The fourth-order valence-electron chi connectivity index (χ4n) is 2.61. The van der Waals surface area contributed by atoms with E-state index in [1.807, 2.05) is 15.2 Å². The predicted molar refractivity (Wildman–Crippen MR) is 106 cm³/mol. The highest BCUT2D eigenvalue weighted by Crippen LogP contribution is 2.27. The maximum Gasteiger partial charge on any atom is 0.338 e. The third-order valence-corrected chi connectivity index (χ3v) is 7.04. The number of nitrogens with one attached hydrogen (secondary N) is 2. The number of hydrogen-bond donors (Lipinski definition) is 3. The van der Waals surface area contributed by atoms with Gasteiger partial charge in [0, 0.05) is 13.1 Å². The first kappa shape index (κ1) is 22.4. The molecule has 0 radical (unpaired) electrons. The number of sulfonamides is 1. The van der Waals surface area contributed by atoms with E-state index in [-0.39, 0.29) is 4.88 Å². The highest BCUT2D eigenvalue weighted by molar-refractivity contribution is 7.89. The van der Waals surface area contributed by atoms with Crippen molar-refractivity contribution in [1.29, 1.82) is 0 Å². The molecule has 1 fully saturated rings. The first-order valence-electron chi connectivity index (χ1n) is 8.44. The summed E-state index contributed by atoms with van der Waals surface area (Å²) in [5.74, 6) is -3.61. The zero-order valence-electron chi connectivity index (χ0n) is 15.4. The second-order valence-electron chi connectivity index (χ2n) is 6.14. The summed E-state index contributed by atoms with van der Waals surface area (Å²) in [7, 11) is -4.48. The molecule has 14 heteroatoms. The number of benzene rings is 1. The summed E-state index contributed by atoms with van der Waals surface area (Å²) in [6, 6.07) is 1.15. The van der Waals surface area contributed by atoms with Gasteiger partial charge in [-0.1, -0.05) is 22.9 Å². The Bertz CT molecular complexity index is 1100. The van der Waals surface area contributed by atoms with Crippen molar-refractivity contribution in [3.63, 3.8) is 0 Å². The van der Waals surface area contributed by atoms with Crippen LogP contribution in [0.3, 0.4) is 0 Å². The molecule has 1 aliphatic heterocycles. The molecular weight excluding hydrogens is 463 g/mol. The Hall–Kier alpha value is -2.32. The molecule has 1 aromatic carbocycles. The smallest absolute Gasteiger partial charge is 0.338 e. The van der Waals surface area contributed by atoms with Crippen LogP contribution in [0.15, 0.2) is 17.0 Å². The number of hydrazine groups is 1. The average Bonchev–Trinajstić information content (AvgIpc) is 3.08. The van der Waals surface area contributed by atoms with Gasteiger partial charge in [-0.05, 0) is 19.1 Å². The van der Waals surface area contributed by atoms with Gasteiger partial charge in [0.05, 0.1) is 29.5 Å². The molecular formula is C16H16ClFN4O6S2. The maximum absolute atomic E-state index is 13.6. The van der Waals surface area contributed by atoms with E-state index in [2.05, 4.69) is 4.98 Å². The highest BCUT2D eigenvalue weighted by atomic mass is 35.5. The van der Waals surface area contributed by atoms with Crippen LogP contribution in [0, 0.1) is 12.7 Å². The maximum atomic E-state index is 13.6. The Morgan fingerprint density at radius 2 is 2.00 bits per heavy atom. The second kappa shape index (κ2) is 8.81. The number of ether oxygens (including phenoxy) is 1. The van der Waals surface area contributed by atoms with Gasteiger partial charge in [0.15, 0.2) is 5.13 Å². The first-order chi connectivity index (χ1) is 14.1. The number of carboxylic acids is 1. The standard InChI is InChI=1S/C16H16ClFN4O6S2/c1-8-13(29-16(19-8)22-2-4-28-5-3-22)14(23)20-21-30(26,27)12-6-9(15(24)25)11(18)7-10(12)17/h6-7,21H,2-5H2,1H3,(H,20,23)(H,24,25). The Kier molecular flexibility index (Phi) is 6.57. The Balaban J connectivity index is 1.76. The SMILES string of the molecule is Cc1nc(N2CCOCC2)sc1C(=O)NNS(=O)(=O)c1cc(C(=O)O)c(F)cc1Cl. The van der Waals surface area contributed by atoms with Crippen molar-refractivity contribution in [2.24, 2.45) is 0 Å². The molecule has 2 aromatic rings. The van der Waals surface area contributed by atoms with Gasteiger partial charge in [0.25, 0.3) is 15.9 Å². The second-order valence-corrected chi connectivity index (χ2v) is 9.17. The lowest BCUT2D eigenvalue weighted by Crippen LogP contribution is -2.41. The largest absolute Gasteiger partial charge is 0.478 e. The van der Waals surface area contributed by atoms with Crippen molar-refractivity contribution < 1.29 is 32.2 Å². The minimum absolute atomic E-state index is 0.190. The molecule has 3 N–H and O–H groups in total. The molecule has 3 rings (SSSR count). The third-order valence-electron chi connectivity index (χ3n) is 4.11. The number of carboxylic acid groups (broad SMARTS) is 1. The number of thiazole rings is 1. The van der Waals surface area contributed by atoms with E-state index in [0.29, 0.717) is 49.3 Å². The van der Waals surface area contributed by atoms with Crippen LogP contribution in [0.5, 0.6) is 0 Å². The molecule has 30 heavy (non-hydrogen) atoms. The summed E-state index contributed by atoms with van der Waals surface area (Å²) in [5, 5.41) is 9.04. The van der Waals surface area contributed by atoms with Gasteiger partial charge in [-0.2, -0.15) is 0 Å². The minimum atomic E-state index is -4.48. The van der Waals surface area contributed by atoms with E-state index >= 15 is 0 Å². The van der Waals surface area contributed by atoms with Gasteiger partial charge in [-0.3, -0.25) is 10.2 Å². The lowest BCUT2D eigenvalue weighted by molar-refractivity contribution is 0.0691. The Labute approximate surface area is 179 Å². The zero-order valence-corrected chi connectivity index (χ0v) is 17.8. The monoisotopic (exact) mass is 478 g/mol. The highest BCUT2D eigenvalue weighted by Gasteiger charge is 2.25. The van der Waals surface area contributed by atoms with Gasteiger partial charge in [0.2, 0.25) is 0 Å². The quantitative estimate of drug-likeness (QED) is 0.530. The summed E-state index contributed by atoms with van der Waals surface area (Å²) in [6.07, 6.45) is 0. The minimum Gasteiger partial charge on any atom is -0.478 e. The van der Waals surface area contributed by atoms with Crippen LogP contribution >= 0.6 is 22.9 Å². The summed E-state index contributed by atoms with van der Waals surface area (Å²) in [5.41, 5.74) is 1.57. The van der Waals surface area contributed by atoms with E-state index in [1.54, 1.807) is 6.92 Å². The van der Waals surface area contributed by atoms with E-state index in [0.717, 1.165) is 11.3 Å². The van der Waals surface area contributed by atoms with Crippen molar-refractivity contribution in [3.8, 4) is 0 Å². The third kappa shape index (κ3) is 4.70. The lowest BCUT2D eigenvalue weighted by atomic mass is 10.2. The molecule has 1 aromatic heterocycles. The van der Waals surface area contributed by atoms with Crippen LogP contribution in [-0.2, 0) is 14.8 Å². The van der Waals surface area contributed by atoms with Crippen LogP contribution < -0.4 is 15.2 Å². The molecule has 0 bridgehead atoms. The van der Waals surface area contributed by atoms with Gasteiger partial charge >= 0.3 is 5.97 Å². The lowest BCUT2D eigenvalue weighted by Gasteiger charge is -2.25. The van der Waals surface area contributed by atoms with Crippen LogP contribution in [0.1, 0.15) is 25.7 Å². The number of anilines is 1. The van der Waals surface area contributed by atoms with Gasteiger partial charge in [-0.15, -0.1) is 4.83 Å². The molecule has 0 aliphatic carbocycles. The van der Waals surface area contributed by atoms with Crippen LogP contribution in [0.25, 0.3) is 0 Å². The molecule has 2 heterocycles. The summed E-state index contributed by atoms with van der Waals surface area (Å²) >= 11 is 6.84. The fourth-order valence-corrected chi connectivity index (χ4v) is 5.00. The van der Waals surface area contributed by atoms with Crippen molar-refractivity contribution in [2.45, 2.75) is 11.8 Å². The molecule has 0 atom stereocenters.